The Balaban J connectivity index is 0.856. The Morgan fingerprint density at radius 1 is 0.221 bits per heavy atom. The minimum atomic E-state index is -0.228. The maximum absolute atomic E-state index is 17.4. The number of hydrogen-bond acceptors (Lipinski definition) is 6. The van der Waals surface area contributed by atoms with Crippen LogP contribution in [0.4, 0.5) is 34.1 Å². The van der Waals surface area contributed by atoms with Gasteiger partial charge in [-0.05, 0) is 170 Å². The van der Waals surface area contributed by atoms with Crippen LogP contribution in [0.2, 0.25) is 0 Å². The summed E-state index contributed by atoms with van der Waals surface area (Å²) in [5.41, 5.74) is 19.7. The van der Waals surface area contributed by atoms with Crippen LogP contribution in [0.25, 0.3) is 143 Å². The maximum Gasteiger partial charge on any atom is 0.195 e. The van der Waals surface area contributed by atoms with Crippen LogP contribution in [-0.4, -0.2) is 9.13 Å². The third-order valence-corrected chi connectivity index (χ3v) is 23.5. The summed E-state index contributed by atoms with van der Waals surface area (Å²) in [5, 5.41) is 9.09. The molecule has 0 unspecified atom stereocenters. The average molecular weight is 1360 g/mol. The highest BCUT2D eigenvalue weighted by Crippen LogP contribution is 2.59. The van der Waals surface area contributed by atoms with Gasteiger partial charge in [-0.1, -0.05) is 266 Å². The van der Waals surface area contributed by atoms with E-state index in [1.54, 1.807) is 23.5 Å². The van der Waals surface area contributed by atoms with Gasteiger partial charge in [-0.25, -0.2) is 0 Å². The van der Waals surface area contributed by atoms with Crippen LogP contribution >= 0.6 is 23.5 Å². The van der Waals surface area contributed by atoms with Crippen LogP contribution < -0.4 is 20.7 Å². The summed E-state index contributed by atoms with van der Waals surface area (Å²) in [5.74, 6) is 0. The molecule has 17 aromatic carbocycles. The predicted octanol–water partition coefficient (Wildman–Crippen LogP) is 25.8. The van der Waals surface area contributed by atoms with Crippen molar-refractivity contribution in [1.29, 1.82) is 0 Å². The van der Waals surface area contributed by atoms with Gasteiger partial charge >= 0.3 is 0 Å². The topological polar surface area (TPSA) is 50.5 Å². The lowest BCUT2D eigenvalue weighted by Gasteiger charge is -2.39. The van der Waals surface area contributed by atoms with Gasteiger partial charge in [0.15, 0.2) is 10.9 Å². The molecule has 0 atom stereocenters. The van der Waals surface area contributed by atoms with E-state index in [1.165, 1.54) is 0 Å². The lowest BCUT2D eigenvalue weighted by atomic mass is 9.92. The van der Waals surface area contributed by atoms with Crippen LogP contribution in [-0.2, 0) is 0 Å². The van der Waals surface area contributed by atoms with Crippen molar-refractivity contribution >= 4 is 144 Å². The van der Waals surface area contributed by atoms with Crippen LogP contribution in [0.1, 0.15) is 0 Å². The van der Waals surface area contributed by atoms with Gasteiger partial charge in [-0.3, -0.25) is 9.59 Å². The largest absolute Gasteiger partial charge is 0.309 e. The lowest BCUT2D eigenvalue weighted by Crippen LogP contribution is -2.21. The summed E-state index contributed by atoms with van der Waals surface area (Å²) in [6.45, 7) is 0. The van der Waals surface area contributed by atoms with E-state index in [9.17, 15) is 0 Å². The molecule has 0 spiro atoms. The molecule has 8 heteroatoms. The highest BCUT2D eigenvalue weighted by Gasteiger charge is 2.34. The highest BCUT2D eigenvalue weighted by molar-refractivity contribution is 8.00. The van der Waals surface area contributed by atoms with Crippen molar-refractivity contribution in [3.05, 3.63) is 372 Å². The fraction of sp³-hybridized carbons (Fsp3) is 0. The van der Waals surface area contributed by atoms with Gasteiger partial charge in [0, 0.05) is 79.4 Å². The Labute approximate surface area is 606 Å². The predicted molar refractivity (Wildman–Crippen MR) is 437 cm³/mol. The molecular weight excluding hydrogens is 1310 g/mol. The fourth-order valence-corrected chi connectivity index (χ4v) is 18.6. The molecule has 21 rings (SSSR count). The molecule has 104 heavy (non-hydrogen) atoms. The second-order valence-corrected chi connectivity index (χ2v) is 29.1. The van der Waals surface area contributed by atoms with E-state index in [4.69, 9.17) is 0 Å². The van der Waals surface area contributed by atoms with Gasteiger partial charge in [-0.15, -0.1) is 0 Å². The zero-order valence-electron chi connectivity index (χ0n) is 55.9. The molecule has 486 valence electrons. The van der Waals surface area contributed by atoms with Crippen molar-refractivity contribution in [1.82, 2.24) is 9.13 Å². The Morgan fingerprint density at radius 2 is 0.567 bits per heavy atom. The minimum Gasteiger partial charge on any atom is -0.309 e. The molecule has 0 fully saturated rings. The maximum atomic E-state index is 17.4. The lowest BCUT2D eigenvalue weighted by molar-refractivity contribution is 1.13. The molecule has 0 saturated carbocycles. The normalized spacial score (nSPS) is 12.6. The number of hydrogen-bond donors (Lipinski definition) is 0. The molecule has 0 N–H and O–H groups in total. The zero-order chi connectivity index (χ0) is 68.7. The molecule has 0 bridgehead atoms. The fourth-order valence-electron chi connectivity index (χ4n) is 16.5. The average Bonchev–Trinajstić information content (AvgIpc) is 1.36. The first-order chi connectivity index (χ1) is 51.4. The second kappa shape index (κ2) is 23.8. The van der Waals surface area contributed by atoms with Crippen molar-refractivity contribution in [2.75, 3.05) is 9.80 Å². The number of benzene rings is 15. The molecule has 4 heterocycles. The molecule has 6 nitrogen and oxygen atoms in total. The van der Waals surface area contributed by atoms with Gasteiger partial charge in [0.2, 0.25) is 0 Å². The molecule has 0 aliphatic carbocycles. The number of anilines is 6. The molecule has 2 aliphatic rings. The SMILES string of the molecule is O=c1c2ccc(N3c4ccccc4Sc4ccccc43)c(N3c4ccccc4Sc4ccccc43)c2ccc2ccc3ccc4c(-c5ccc6c7ccc(-c8ccccc8)cc7n(-c7ccccc7)c6c5)ccc(-c5ccc6c7ccc(-c8ccccc8)cc7n(-c7ccccc7)c6c5)c4c(=O)c3c12. The molecule has 2 aliphatic heterocycles. The molecule has 0 saturated heterocycles. The molecule has 0 radical (unpaired) electrons. The smallest absolute Gasteiger partial charge is 0.195 e. The summed E-state index contributed by atoms with van der Waals surface area (Å²) >= 11 is 3.52. The molecule has 2 aromatic heterocycles. The Kier molecular flexibility index (Phi) is 13.7. The van der Waals surface area contributed by atoms with E-state index in [0.29, 0.717) is 32.3 Å². The standard InChI is InChI=1S/C96H58N4O2S2/c101-95-77-53-54-82(99-78-29-13-17-33-87(78)103-88-34-18-14-30-79(88)99)94(100-80-31-15-19-35-89(80)104-90-36-20-16-32-81(90)100)76(77)50-40-61-37-38-62-39-49-75-69(65-43-47-73-71-45-41-63(59-21-5-1-6-22-59)55-83(71)97(85(73)57-65)67-25-9-3-10-26-67)51-52-70(93(75)96(102)92(62)91(61)95)66-44-48-74-72-46-42-64(60-23-7-2-8-24-60)56-84(72)98(86(74)58-66)68-27-11-4-12-28-68/h1-58H. The first-order valence-electron chi connectivity index (χ1n) is 35.1. The first-order valence-corrected chi connectivity index (χ1v) is 36.7. The number of aromatic nitrogens is 2. The van der Waals surface area contributed by atoms with Crippen molar-refractivity contribution in [3.63, 3.8) is 0 Å². The zero-order valence-corrected chi connectivity index (χ0v) is 57.5. The molecule has 0 amide bonds. The number of rotatable bonds is 8. The summed E-state index contributed by atoms with van der Waals surface area (Å²) in [4.78, 5) is 43.5. The van der Waals surface area contributed by atoms with Crippen molar-refractivity contribution in [2.24, 2.45) is 0 Å². The Bertz CT molecular complexity index is 6890. The molecule has 19 aromatic rings. The van der Waals surface area contributed by atoms with E-state index in [-0.39, 0.29) is 10.9 Å². The summed E-state index contributed by atoms with van der Waals surface area (Å²) in [6, 6.07) is 124. The first kappa shape index (κ1) is 59.8. The molecular formula is C96H58N4O2S2. The van der Waals surface area contributed by atoms with Crippen LogP contribution in [0.3, 0.4) is 0 Å². The summed E-state index contributed by atoms with van der Waals surface area (Å²) in [7, 11) is 0. The number of nitrogens with zero attached hydrogens (tertiary/aromatic N) is 4. The van der Waals surface area contributed by atoms with E-state index in [2.05, 4.69) is 353 Å². The number of fused-ring (bicyclic) bond motifs is 15. The Morgan fingerprint density at radius 3 is 1.04 bits per heavy atom. The number of para-hydroxylation sites is 6. The van der Waals surface area contributed by atoms with Gasteiger partial charge in [0.25, 0.3) is 0 Å². The van der Waals surface area contributed by atoms with E-state index >= 15 is 9.59 Å². The quantitative estimate of drug-likeness (QED) is 0.151. The van der Waals surface area contributed by atoms with Crippen LogP contribution in [0.5, 0.6) is 0 Å². The van der Waals surface area contributed by atoms with E-state index in [0.717, 1.165) is 164 Å². The van der Waals surface area contributed by atoms with Gasteiger partial charge in [-0.2, -0.15) is 0 Å². The third kappa shape index (κ3) is 9.32. The monoisotopic (exact) mass is 1360 g/mol. The van der Waals surface area contributed by atoms with Crippen LogP contribution in [0.15, 0.2) is 381 Å². The van der Waals surface area contributed by atoms with Gasteiger partial charge < -0.3 is 18.9 Å². The third-order valence-electron chi connectivity index (χ3n) is 21.2. The van der Waals surface area contributed by atoms with Crippen molar-refractivity contribution in [2.45, 2.75) is 19.6 Å². The van der Waals surface area contributed by atoms with Gasteiger partial charge in [0.1, 0.15) is 0 Å². The van der Waals surface area contributed by atoms with Crippen LogP contribution in [0, 0.1) is 0 Å². The van der Waals surface area contributed by atoms with Gasteiger partial charge in [0.05, 0.1) is 56.2 Å². The highest BCUT2D eigenvalue weighted by atomic mass is 32.2. The minimum absolute atomic E-state index is 0.227. The van der Waals surface area contributed by atoms with E-state index < -0.39 is 0 Å². The van der Waals surface area contributed by atoms with Crippen molar-refractivity contribution < 1.29 is 0 Å². The van der Waals surface area contributed by atoms with E-state index in [1.807, 2.05) is 18.2 Å². The summed E-state index contributed by atoms with van der Waals surface area (Å²) in [6.07, 6.45) is 0. The summed E-state index contributed by atoms with van der Waals surface area (Å²) < 4.78 is 4.73. The second-order valence-electron chi connectivity index (χ2n) is 26.9. The van der Waals surface area contributed by atoms with Crippen molar-refractivity contribution in [3.8, 4) is 55.9 Å². The Hall–Kier alpha value is -13.0.